The van der Waals surface area contributed by atoms with Crippen LogP contribution in [0.2, 0.25) is 0 Å². The van der Waals surface area contributed by atoms with Crippen molar-refractivity contribution in [3.05, 3.63) is 54.4 Å². The van der Waals surface area contributed by atoms with Crippen LogP contribution in [0, 0.1) is 5.92 Å². The number of piperidine rings is 1. The lowest BCUT2D eigenvalue weighted by atomic mass is 9.94. The van der Waals surface area contributed by atoms with Gasteiger partial charge in [-0.3, -0.25) is 9.78 Å². The van der Waals surface area contributed by atoms with Crippen LogP contribution in [0.3, 0.4) is 0 Å². The number of para-hydroxylation sites is 1. The highest BCUT2D eigenvalue weighted by molar-refractivity contribution is 5.86. The molecule has 1 amide bonds. The first-order valence-corrected chi connectivity index (χ1v) is 9.96. The van der Waals surface area contributed by atoms with Gasteiger partial charge in [-0.1, -0.05) is 22.4 Å². The zero-order valence-corrected chi connectivity index (χ0v) is 16.3. The van der Waals surface area contributed by atoms with E-state index in [0.29, 0.717) is 41.7 Å². The molecule has 0 N–H and O–H groups in total. The smallest absolute Gasteiger partial charge is 0.228 e. The minimum atomic E-state index is 0.0598. The standard InChI is InChI=1S/C21H20N6O3/c28-20(11-16-15-5-1-2-6-18(15)29-25-16)27-9-3-4-14(13-27)10-19-24-21(26-30-19)17-12-22-7-8-23-17/h1-2,5-8,12,14H,3-4,9-11,13H2/t14-/m0/s1. The highest BCUT2D eigenvalue weighted by atomic mass is 16.5. The van der Waals surface area contributed by atoms with Gasteiger partial charge in [-0.05, 0) is 30.9 Å². The number of carbonyl (C=O) groups excluding carboxylic acids is 1. The van der Waals surface area contributed by atoms with E-state index in [9.17, 15) is 4.79 Å². The number of fused-ring (bicyclic) bond motifs is 1. The molecule has 1 saturated heterocycles. The lowest BCUT2D eigenvalue weighted by Gasteiger charge is -2.32. The van der Waals surface area contributed by atoms with Crippen molar-refractivity contribution in [1.29, 1.82) is 0 Å². The first-order chi connectivity index (χ1) is 14.8. The molecule has 1 aromatic carbocycles. The highest BCUT2D eigenvalue weighted by Gasteiger charge is 2.26. The Morgan fingerprint density at radius 1 is 1.17 bits per heavy atom. The Labute approximate surface area is 172 Å². The van der Waals surface area contributed by atoms with E-state index < -0.39 is 0 Å². The van der Waals surface area contributed by atoms with Gasteiger partial charge >= 0.3 is 0 Å². The summed E-state index contributed by atoms with van der Waals surface area (Å²) < 4.78 is 10.7. The minimum Gasteiger partial charge on any atom is -0.356 e. The van der Waals surface area contributed by atoms with Gasteiger partial charge in [0.15, 0.2) is 5.58 Å². The van der Waals surface area contributed by atoms with Crippen molar-refractivity contribution in [1.82, 2.24) is 30.2 Å². The molecule has 1 fully saturated rings. The Balaban J connectivity index is 1.23. The van der Waals surface area contributed by atoms with Crippen molar-refractivity contribution in [3.63, 3.8) is 0 Å². The van der Waals surface area contributed by atoms with Crippen LogP contribution >= 0.6 is 0 Å². The lowest BCUT2D eigenvalue weighted by molar-refractivity contribution is -0.132. The van der Waals surface area contributed by atoms with Crippen molar-refractivity contribution < 1.29 is 13.8 Å². The fraction of sp³-hybridized carbons (Fsp3) is 0.333. The second-order valence-corrected chi connectivity index (χ2v) is 7.46. The van der Waals surface area contributed by atoms with Crippen LogP contribution < -0.4 is 0 Å². The number of benzene rings is 1. The molecule has 5 rings (SSSR count). The fourth-order valence-corrected chi connectivity index (χ4v) is 3.88. The third-order valence-corrected chi connectivity index (χ3v) is 5.37. The van der Waals surface area contributed by atoms with E-state index in [2.05, 4.69) is 25.3 Å². The van der Waals surface area contributed by atoms with Crippen molar-refractivity contribution in [2.45, 2.75) is 25.7 Å². The maximum Gasteiger partial charge on any atom is 0.228 e. The third kappa shape index (κ3) is 3.78. The number of hydrogen-bond donors (Lipinski definition) is 0. The molecule has 0 unspecified atom stereocenters. The molecule has 1 aliphatic heterocycles. The van der Waals surface area contributed by atoms with E-state index >= 15 is 0 Å². The van der Waals surface area contributed by atoms with E-state index in [4.69, 9.17) is 9.05 Å². The number of aromatic nitrogens is 5. The molecule has 3 aromatic heterocycles. The van der Waals surface area contributed by atoms with Crippen LogP contribution in [-0.2, 0) is 17.6 Å². The highest BCUT2D eigenvalue weighted by Crippen LogP contribution is 2.23. The molecule has 9 nitrogen and oxygen atoms in total. The summed E-state index contributed by atoms with van der Waals surface area (Å²) in [5.41, 5.74) is 1.96. The van der Waals surface area contributed by atoms with Crippen LogP contribution in [0.1, 0.15) is 24.4 Å². The van der Waals surface area contributed by atoms with Crippen LogP contribution in [0.25, 0.3) is 22.5 Å². The van der Waals surface area contributed by atoms with E-state index in [1.807, 2.05) is 29.2 Å². The Kier molecular flexibility index (Phi) is 4.92. The largest absolute Gasteiger partial charge is 0.356 e. The molecule has 4 aromatic rings. The summed E-state index contributed by atoms with van der Waals surface area (Å²) in [5.74, 6) is 1.31. The molecular weight excluding hydrogens is 384 g/mol. The number of carbonyl (C=O) groups is 1. The molecule has 0 bridgehead atoms. The second-order valence-electron chi connectivity index (χ2n) is 7.46. The monoisotopic (exact) mass is 404 g/mol. The molecule has 152 valence electrons. The molecule has 0 radical (unpaired) electrons. The van der Waals surface area contributed by atoms with Gasteiger partial charge in [-0.25, -0.2) is 4.98 Å². The molecular formula is C21H20N6O3. The summed E-state index contributed by atoms with van der Waals surface area (Å²) >= 11 is 0. The predicted octanol–water partition coefficient (Wildman–Crippen LogP) is 2.69. The maximum atomic E-state index is 12.9. The minimum absolute atomic E-state index is 0.0598. The molecule has 0 aliphatic carbocycles. The number of likely N-dealkylation sites (tertiary alicyclic amines) is 1. The van der Waals surface area contributed by atoms with Crippen molar-refractivity contribution in [2.75, 3.05) is 13.1 Å². The van der Waals surface area contributed by atoms with Gasteiger partial charge in [0.2, 0.25) is 17.6 Å². The molecule has 9 heteroatoms. The summed E-state index contributed by atoms with van der Waals surface area (Å²) in [4.78, 5) is 27.4. The van der Waals surface area contributed by atoms with Gasteiger partial charge in [0.1, 0.15) is 11.4 Å². The Bertz CT molecular complexity index is 1160. The number of nitrogens with zero attached hydrogens (tertiary/aromatic N) is 6. The van der Waals surface area contributed by atoms with Crippen molar-refractivity contribution >= 4 is 16.9 Å². The summed E-state index contributed by atoms with van der Waals surface area (Å²) in [5, 5.41) is 8.97. The number of amides is 1. The Hall–Kier alpha value is -3.62. The zero-order chi connectivity index (χ0) is 20.3. The van der Waals surface area contributed by atoms with Crippen molar-refractivity contribution in [2.24, 2.45) is 5.92 Å². The predicted molar refractivity (Wildman–Crippen MR) is 106 cm³/mol. The fourth-order valence-electron chi connectivity index (χ4n) is 3.88. The first-order valence-electron chi connectivity index (χ1n) is 9.96. The summed E-state index contributed by atoms with van der Waals surface area (Å²) in [7, 11) is 0. The quantitative estimate of drug-likeness (QED) is 0.499. The normalized spacial score (nSPS) is 16.8. The van der Waals surface area contributed by atoms with E-state index in [1.165, 1.54) is 0 Å². The van der Waals surface area contributed by atoms with Crippen LogP contribution in [-0.4, -0.2) is 49.2 Å². The second kappa shape index (κ2) is 8.02. The van der Waals surface area contributed by atoms with Gasteiger partial charge in [0, 0.05) is 37.3 Å². The molecule has 1 aliphatic rings. The average Bonchev–Trinajstić information content (AvgIpc) is 3.42. The Morgan fingerprint density at radius 3 is 3.00 bits per heavy atom. The van der Waals surface area contributed by atoms with Crippen LogP contribution in [0.4, 0.5) is 0 Å². The van der Waals surface area contributed by atoms with Gasteiger partial charge in [0.25, 0.3) is 0 Å². The van der Waals surface area contributed by atoms with E-state index in [0.717, 1.165) is 24.8 Å². The van der Waals surface area contributed by atoms with E-state index in [-0.39, 0.29) is 18.2 Å². The Morgan fingerprint density at radius 2 is 2.10 bits per heavy atom. The first kappa shape index (κ1) is 18.4. The van der Waals surface area contributed by atoms with Gasteiger partial charge in [-0.15, -0.1) is 0 Å². The average molecular weight is 404 g/mol. The van der Waals surface area contributed by atoms with Gasteiger partial charge < -0.3 is 13.9 Å². The summed E-state index contributed by atoms with van der Waals surface area (Å²) in [6.45, 7) is 1.41. The zero-order valence-electron chi connectivity index (χ0n) is 16.3. The molecule has 1 atom stereocenters. The number of hydrogen-bond acceptors (Lipinski definition) is 8. The lowest BCUT2D eigenvalue weighted by Crippen LogP contribution is -2.41. The van der Waals surface area contributed by atoms with Gasteiger partial charge in [-0.2, -0.15) is 4.98 Å². The van der Waals surface area contributed by atoms with Crippen molar-refractivity contribution in [3.8, 4) is 11.5 Å². The van der Waals surface area contributed by atoms with E-state index in [1.54, 1.807) is 18.6 Å². The third-order valence-electron chi connectivity index (χ3n) is 5.37. The molecule has 30 heavy (non-hydrogen) atoms. The molecule has 0 saturated carbocycles. The van der Waals surface area contributed by atoms with Crippen LogP contribution in [0.15, 0.2) is 51.9 Å². The topological polar surface area (TPSA) is 111 Å². The molecule has 0 spiro atoms. The number of rotatable bonds is 5. The van der Waals surface area contributed by atoms with Crippen LogP contribution in [0.5, 0.6) is 0 Å². The maximum absolute atomic E-state index is 12.9. The summed E-state index contributed by atoms with van der Waals surface area (Å²) in [6.07, 6.45) is 7.61. The molecule has 4 heterocycles. The van der Waals surface area contributed by atoms with Gasteiger partial charge in [0.05, 0.1) is 12.6 Å². The summed E-state index contributed by atoms with van der Waals surface area (Å²) in [6, 6.07) is 7.59. The SMILES string of the molecule is O=C(Cc1noc2ccccc12)N1CCC[C@@H](Cc2nc(-c3cnccn3)no2)C1.